The fraction of sp³-hybridized carbons (Fsp3) is 0.286. The quantitative estimate of drug-likeness (QED) is 0.331. The van der Waals surface area contributed by atoms with Crippen molar-refractivity contribution in [2.75, 3.05) is 6.61 Å². The number of fused-ring (bicyclic) bond motifs is 1. The molecule has 1 aliphatic rings. The van der Waals surface area contributed by atoms with E-state index in [1.807, 2.05) is 0 Å². The van der Waals surface area contributed by atoms with Gasteiger partial charge in [-0.05, 0) is 29.8 Å². The summed E-state index contributed by atoms with van der Waals surface area (Å²) in [7, 11) is 0. The summed E-state index contributed by atoms with van der Waals surface area (Å²) in [4.78, 5) is 13.0. The van der Waals surface area contributed by atoms with Crippen LogP contribution in [0.25, 0.3) is 22.1 Å². The van der Waals surface area contributed by atoms with Gasteiger partial charge >= 0.3 is 0 Å². The molecule has 0 spiro atoms. The Kier molecular flexibility index (Phi) is 5.56. The number of aromatic hydroxyl groups is 2. The number of hydrogen-bond acceptors (Lipinski definition) is 10. The first kappa shape index (κ1) is 21.1. The van der Waals surface area contributed by atoms with E-state index in [0.29, 0.717) is 5.56 Å². The van der Waals surface area contributed by atoms with Crippen LogP contribution in [0, 0.1) is 0 Å². The van der Waals surface area contributed by atoms with Gasteiger partial charge < -0.3 is 44.5 Å². The van der Waals surface area contributed by atoms with E-state index in [9.17, 15) is 35.4 Å². The van der Waals surface area contributed by atoms with Crippen molar-refractivity contribution in [1.82, 2.24) is 0 Å². The summed E-state index contributed by atoms with van der Waals surface area (Å²) in [6, 6.07) is 8.45. The molecule has 0 amide bonds. The zero-order valence-corrected chi connectivity index (χ0v) is 16.0. The van der Waals surface area contributed by atoms with E-state index in [1.165, 1.54) is 24.3 Å². The number of benzene rings is 2. The minimum absolute atomic E-state index is 0.0362. The monoisotopic (exact) mass is 432 g/mol. The van der Waals surface area contributed by atoms with Crippen LogP contribution in [0.15, 0.2) is 51.9 Å². The zero-order valence-electron chi connectivity index (χ0n) is 16.0. The van der Waals surface area contributed by atoms with Crippen LogP contribution in [0.4, 0.5) is 0 Å². The van der Waals surface area contributed by atoms with Crippen LogP contribution in [-0.2, 0) is 4.74 Å². The van der Waals surface area contributed by atoms with E-state index in [1.54, 1.807) is 12.1 Å². The van der Waals surface area contributed by atoms with Crippen LogP contribution in [-0.4, -0.2) is 68.0 Å². The lowest BCUT2D eigenvalue weighted by Crippen LogP contribution is -2.60. The van der Waals surface area contributed by atoms with Crippen molar-refractivity contribution in [2.45, 2.75) is 30.7 Å². The first-order valence-electron chi connectivity index (χ1n) is 9.36. The predicted molar refractivity (Wildman–Crippen MR) is 106 cm³/mol. The summed E-state index contributed by atoms with van der Waals surface area (Å²) in [5.41, 5.74) is 0.130. The van der Waals surface area contributed by atoms with E-state index in [-0.39, 0.29) is 28.0 Å². The average molecular weight is 432 g/mol. The molecule has 5 atom stereocenters. The highest BCUT2D eigenvalue weighted by Crippen LogP contribution is 2.37. The van der Waals surface area contributed by atoms with Crippen molar-refractivity contribution in [3.63, 3.8) is 0 Å². The van der Waals surface area contributed by atoms with Gasteiger partial charge in [-0.25, -0.2) is 0 Å². The molecule has 2 heterocycles. The molecule has 0 radical (unpaired) electrons. The number of aliphatic hydroxyl groups excluding tert-OH is 4. The summed E-state index contributed by atoms with van der Waals surface area (Å²) in [6.45, 7) is -0.655. The largest absolute Gasteiger partial charge is 0.508 e. The molecule has 1 aliphatic heterocycles. The van der Waals surface area contributed by atoms with Gasteiger partial charge in [0.05, 0.1) is 17.6 Å². The maximum Gasteiger partial charge on any atom is 0.229 e. The Labute approximate surface area is 174 Å². The number of phenols is 2. The van der Waals surface area contributed by atoms with Crippen LogP contribution < -0.4 is 10.2 Å². The maximum absolute atomic E-state index is 13.0. The Bertz CT molecular complexity index is 1140. The smallest absolute Gasteiger partial charge is 0.229 e. The van der Waals surface area contributed by atoms with Crippen molar-refractivity contribution < 1.29 is 44.5 Å². The fourth-order valence-electron chi connectivity index (χ4n) is 3.40. The van der Waals surface area contributed by atoms with E-state index in [0.717, 1.165) is 6.26 Å². The summed E-state index contributed by atoms with van der Waals surface area (Å²) >= 11 is 0. The van der Waals surface area contributed by atoms with Crippen LogP contribution >= 0.6 is 0 Å². The van der Waals surface area contributed by atoms with Crippen LogP contribution in [0.5, 0.6) is 17.2 Å². The Morgan fingerprint density at radius 1 is 0.935 bits per heavy atom. The summed E-state index contributed by atoms with van der Waals surface area (Å²) < 4.78 is 16.3. The third kappa shape index (κ3) is 3.71. The number of hydrogen-bond donors (Lipinski definition) is 6. The molecule has 6 N–H and O–H groups in total. The number of rotatable bonds is 4. The fourth-order valence-corrected chi connectivity index (χ4v) is 3.40. The van der Waals surface area contributed by atoms with Crippen molar-refractivity contribution >= 4 is 11.0 Å². The number of ether oxygens (including phenoxy) is 2. The summed E-state index contributed by atoms with van der Waals surface area (Å²) in [5, 5.41) is 59.1. The first-order chi connectivity index (χ1) is 14.8. The number of aliphatic hydroxyl groups is 4. The van der Waals surface area contributed by atoms with Crippen molar-refractivity contribution in [3.8, 4) is 28.4 Å². The molecule has 31 heavy (non-hydrogen) atoms. The highest BCUT2D eigenvalue weighted by Gasteiger charge is 2.45. The van der Waals surface area contributed by atoms with Crippen molar-refractivity contribution in [3.05, 3.63) is 52.9 Å². The summed E-state index contributed by atoms with van der Waals surface area (Å²) in [6.07, 6.45) is -6.59. The molecule has 4 rings (SSSR count). The molecule has 1 saturated heterocycles. The first-order valence-corrected chi connectivity index (χ1v) is 9.36. The van der Waals surface area contributed by atoms with Crippen LogP contribution in [0.2, 0.25) is 0 Å². The molecular weight excluding hydrogens is 412 g/mol. The lowest BCUT2D eigenvalue weighted by molar-refractivity contribution is -0.277. The average Bonchev–Trinajstić information content (AvgIpc) is 2.76. The number of phenolic OH excluding ortho intramolecular Hbond substituents is 2. The Hall–Kier alpha value is -3.15. The minimum Gasteiger partial charge on any atom is -0.508 e. The highest BCUT2D eigenvalue weighted by atomic mass is 16.7. The van der Waals surface area contributed by atoms with Gasteiger partial charge in [0.1, 0.15) is 36.4 Å². The molecule has 0 unspecified atom stereocenters. The second-order valence-corrected chi connectivity index (χ2v) is 7.13. The van der Waals surface area contributed by atoms with Gasteiger partial charge in [0.2, 0.25) is 17.5 Å². The van der Waals surface area contributed by atoms with E-state index < -0.39 is 48.5 Å². The molecular formula is C21H20O10. The van der Waals surface area contributed by atoms with Gasteiger partial charge in [0.15, 0.2) is 11.3 Å². The van der Waals surface area contributed by atoms with Gasteiger partial charge in [0.25, 0.3) is 0 Å². The second-order valence-electron chi connectivity index (χ2n) is 7.13. The van der Waals surface area contributed by atoms with Gasteiger partial charge in [-0.1, -0.05) is 12.1 Å². The standard InChI is InChI=1S/C21H20O10/c22-7-14-16(26)17(27)18(28)21(30-14)31-20-13(24)6-5-11-15(25)12(8-29-19(11)20)9-1-3-10(23)4-2-9/h1-6,8,14,16-18,21-24,26-28H,7H2/t14-,16+,17+,18-,21-/m0/s1. The molecule has 0 bridgehead atoms. The molecule has 0 saturated carbocycles. The molecule has 1 fully saturated rings. The molecule has 10 heteroatoms. The predicted octanol–water partition coefficient (Wildman–Crippen LogP) is 0.0499. The third-order valence-electron chi connectivity index (χ3n) is 5.14. The minimum atomic E-state index is -1.71. The third-order valence-corrected chi connectivity index (χ3v) is 5.14. The van der Waals surface area contributed by atoms with Gasteiger partial charge in [-0.3, -0.25) is 4.79 Å². The maximum atomic E-state index is 13.0. The Morgan fingerprint density at radius 2 is 1.65 bits per heavy atom. The normalized spacial score (nSPS) is 26.1. The van der Waals surface area contributed by atoms with Crippen LogP contribution in [0.1, 0.15) is 0 Å². The zero-order chi connectivity index (χ0) is 22.3. The van der Waals surface area contributed by atoms with Gasteiger partial charge in [-0.2, -0.15) is 0 Å². The summed E-state index contributed by atoms with van der Waals surface area (Å²) in [5.74, 6) is -0.713. The lowest BCUT2D eigenvalue weighted by Gasteiger charge is -2.39. The van der Waals surface area contributed by atoms with Crippen molar-refractivity contribution in [2.24, 2.45) is 0 Å². The Balaban J connectivity index is 1.75. The highest BCUT2D eigenvalue weighted by molar-refractivity contribution is 5.88. The van der Waals surface area contributed by atoms with Gasteiger partial charge in [-0.15, -0.1) is 0 Å². The van der Waals surface area contributed by atoms with E-state index >= 15 is 0 Å². The Morgan fingerprint density at radius 3 is 2.32 bits per heavy atom. The molecule has 1 aromatic heterocycles. The van der Waals surface area contributed by atoms with Crippen molar-refractivity contribution in [1.29, 1.82) is 0 Å². The van der Waals surface area contributed by atoms with E-state index in [2.05, 4.69) is 0 Å². The van der Waals surface area contributed by atoms with Crippen LogP contribution in [0.3, 0.4) is 0 Å². The lowest BCUT2D eigenvalue weighted by atomic mass is 9.99. The van der Waals surface area contributed by atoms with Gasteiger partial charge in [0, 0.05) is 0 Å². The van der Waals surface area contributed by atoms with E-state index in [4.69, 9.17) is 13.9 Å². The molecule has 3 aromatic rings. The molecule has 0 aliphatic carbocycles. The SMILES string of the molecule is O=c1c(-c2ccc(O)cc2)coc2c(O[C@@H]3O[C@@H](CO)[C@@H](O)[C@@H](O)[C@@H]3O)c(O)ccc12. The second kappa shape index (κ2) is 8.17. The molecule has 164 valence electrons. The molecule has 2 aromatic carbocycles. The molecule has 10 nitrogen and oxygen atoms in total. The topological polar surface area (TPSA) is 170 Å².